The summed E-state index contributed by atoms with van der Waals surface area (Å²) in [6.07, 6.45) is 0. The summed E-state index contributed by atoms with van der Waals surface area (Å²) in [5, 5.41) is 0.769. The first-order valence-electron chi connectivity index (χ1n) is 10.0. The topological polar surface area (TPSA) is 89.8 Å². The van der Waals surface area contributed by atoms with Gasteiger partial charge >= 0.3 is 0 Å². The van der Waals surface area contributed by atoms with Gasteiger partial charge in [0.05, 0.1) is 32.5 Å². The van der Waals surface area contributed by atoms with Crippen LogP contribution in [0.1, 0.15) is 27.9 Å². The number of aryl methyl sites for hydroxylation is 1. The molecule has 0 fully saturated rings. The summed E-state index contributed by atoms with van der Waals surface area (Å²) in [5.74, 6) is 2.09. The van der Waals surface area contributed by atoms with Crippen molar-refractivity contribution >= 4 is 45.2 Å². The van der Waals surface area contributed by atoms with Crippen molar-refractivity contribution in [3.8, 4) is 17.2 Å². The minimum Gasteiger partial charge on any atom is -0.493 e. The second kappa shape index (κ2) is 7.63. The molecule has 1 unspecified atom stereocenters. The van der Waals surface area contributed by atoms with E-state index in [1.54, 1.807) is 44.2 Å². The van der Waals surface area contributed by atoms with Crippen molar-refractivity contribution in [3.05, 3.63) is 41.4 Å². The zero-order valence-corrected chi connectivity index (χ0v) is 18.8. The van der Waals surface area contributed by atoms with Gasteiger partial charge in [0.2, 0.25) is 5.75 Å². The van der Waals surface area contributed by atoms with Crippen LogP contribution in [0.4, 0.5) is 5.69 Å². The van der Waals surface area contributed by atoms with Crippen molar-refractivity contribution in [2.45, 2.75) is 12.8 Å². The van der Waals surface area contributed by atoms with Gasteiger partial charge in [-0.1, -0.05) is 0 Å². The van der Waals surface area contributed by atoms with Gasteiger partial charge in [-0.25, -0.2) is 4.98 Å². The maximum atomic E-state index is 13.6. The van der Waals surface area contributed by atoms with Crippen LogP contribution in [-0.2, 0) is 0 Å². The normalized spacial score (nSPS) is 15.4. The number of aromatic amines is 1. The largest absolute Gasteiger partial charge is 0.493 e. The number of nitrogens with one attached hydrogen (secondary N) is 1. The van der Waals surface area contributed by atoms with E-state index in [0.29, 0.717) is 57.9 Å². The van der Waals surface area contributed by atoms with Gasteiger partial charge in [-0.15, -0.1) is 11.6 Å². The highest BCUT2D eigenvalue weighted by Crippen LogP contribution is 2.45. The smallest absolute Gasteiger partial charge is 0.274 e. The number of rotatable bonds is 5. The monoisotopic (exact) mass is 454 g/mol. The van der Waals surface area contributed by atoms with Crippen LogP contribution in [-0.4, -0.2) is 49.6 Å². The van der Waals surface area contributed by atoms with Crippen LogP contribution in [0, 0.1) is 13.0 Å². The average molecular weight is 455 g/mol. The third kappa shape index (κ3) is 2.90. The highest BCUT2D eigenvalue weighted by atomic mass is 35.5. The first kappa shape index (κ1) is 20.5. The Morgan fingerprint density at radius 1 is 1.28 bits per heavy atom. The summed E-state index contributed by atoms with van der Waals surface area (Å²) in [7, 11) is 4.64. The minimum absolute atomic E-state index is 0.0590. The van der Waals surface area contributed by atoms with Gasteiger partial charge in [-0.2, -0.15) is 0 Å². The number of hydrogen-bond acceptors (Lipinski definition) is 6. The van der Waals surface area contributed by atoms with Crippen molar-refractivity contribution < 1.29 is 23.4 Å². The lowest BCUT2D eigenvalue weighted by molar-refractivity contribution is 0.0984. The Kier molecular flexibility index (Phi) is 4.89. The molecular formula is C23H21ClN3O5. The van der Waals surface area contributed by atoms with Crippen LogP contribution in [0.3, 0.4) is 0 Å². The molecule has 8 nitrogen and oxygen atoms in total. The van der Waals surface area contributed by atoms with Crippen LogP contribution in [0.5, 0.6) is 17.2 Å². The first-order chi connectivity index (χ1) is 15.5. The quantitative estimate of drug-likeness (QED) is 0.449. The van der Waals surface area contributed by atoms with Gasteiger partial charge in [0, 0.05) is 42.3 Å². The Hall–Kier alpha value is -3.39. The number of carbonyl (C=O) groups is 1. The first-order valence-corrected chi connectivity index (χ1v) is 10.5. The van der Waals surface area contributed by atoms with E-state index in [1.165, 1.54) is 7.11 Å². The van der Waals surface area contributed by atoms with Gasteiger partial charge in [-0.05, 0) is 18.2 Å². The lowest BCUT2D eigenvalue weighted by atomic mass is 10.0. The van der Waals surface area contributed by atoms with E-state index in [0.717, 1.165) is 16.6 Å². The Bertz CT molecular complexity index is 1360. The van der Waals surface area contributed by atoms with Gasteiger partial charge in [0.1, 0.15) is 11.2 Å². The molecule has 5 rings (SSSR count). The molecule has 3 heterocycles. The van der Waals surface area contributed by atoms with Crippen LogP contribution < -0.4 is 19.1 Å². The number of aromatic nitrogens is 2. The maximum Gasteiger partial charge on any atom is 0.274 e. The molecular weight excluding hydrogens is 434 g/mol. The molecule has 0 spiro atoms. The SMILES string of the molecule is COc1cc2cc(C(=O)N3CC(CCl)c4c3c[c]c3oc(C)nc43)[nH]c2c(OC)c1OC. The van der Waals surface area contributed by atoms with E-state index in [9.17, 15) is 4.79 Å². The number of carbonyl (C=O) groups excluding carboxylic acids is 1. The Morgan fingerprint density at radius 3 is 2.75 bits per heavy atom. The molecule has 0 bridgehead atoms. The Morgan fingerprint density at radius 2 is 2.06 bits per heavy atom. The lowest BCUT2D eigenvalue weighted by Crippen LogP contribution is -2.30. The molecule has 1 aliphatic heterocycles. The minimum atomic E-state index is -0.192. The standard InChI is InChI=1S/C23H21ClN3O5/c1-11-25-20-16(32-11)6-5-15-18(20)13(9-24)10-27(15)23(28)14-7-12-8-17(29-2)21(30-3)22(31-4)19(12)26-14/h5,7-8,13,26H,9-10H2,1-4H3. The second-order valence-electron chi connectivity index (χ2n) is 7.56. The van der Waals surface area contributed by atoms with Crippen molar-refractivity contribution in [1.29, 1.82) is 0 Å². The van der Waals surface area contributed by atoms with Gasteiger partial charge < -0.3 is 28.5 Å². The van der Waals surface area contributed by atoms with Crippen LogP contribution in [0.25, 0.3) is 22.0 Å². The molecule has 1 radical (unpaired) electrons. The van der Waals surface area contributed by atoms with Crippen molar-refractivity contribution in [3.63, 3.8) is 0 Å². The molecule has 0 saturated carbocycles. The molecule has 0 aliphatic carbocycles. The number of halogens is 1. The highest BCUT2D eigenvalue weighted by Gasteiger charge is 2.36. The average Bonchev–Trinajstić information content (AvgIpc) is 3.50. The number of anilines is 1. The van der Waals surface area contributed by atoms with E-state index in [1.807, 2.05) is 0 Å². The number of fused-ring (bicyclic) bond motifs is 4. The van der Waals surface area contributed by atoms with Crippen LogP contribution >= 0.6 is 11.6 Å². The third-order valence-corrected chi connectivity index (χ3v) is 6.16. The van der Waals surface area contributed by atoms with Crippen molar-refractivity contribution in [2.75, 3.05) is 38.7 Å². The van der Waals surface area contributed by atoms with E-state index < -0.39 is 0 Å². The van der Waals surface area contributed by atoms with Gasteiger partial charge in [0.25, 0.3) is 5.91 Å². The fourth-order valence-corrected chi connectivity index (χ4v) is 4.65. The molecule has 4 aromatic rings. The number of methoxy groups -OCH3 is 3. The van der Waals surface area contributed by atoms with E-state index >= 15 is 0 Å². The molecule has 1 N–H and O–H groups in total. The van der Waals surface area contributed by atoms with Gasteiger partial charge in [-0.3, -0.25) is 4.79 Å². The summed E-state index contributed by atoms with van der Waals surface area (Å²) in [4.78, 5) is 23.0. The van der Waals surface area contributed by atoms with E-state index in [4.69, 9.17) is 30.2 Å². The molecule has 165 valence electrons. The molecule has 9 heteroatoms. The van der Waals surface area contributed by atoms with Crippen molar-refractivity contribution in [2.24, 2.45) is 0 Å². The predicted molar refractivity (Wildman–Crippen MR) is 121 cm³/mol. The Labute approximate surface area is 189 Å². The molecule has 32 heavy (non-hydrogen) atoms. The zero-order chi connectivity index (χ0) is 22.6. The van der Waals surface area contributed by atoms with E-state index in [2.05, 4.69) is 16.0 Å². The number of oxazole rings is 1. The number of alkyl halides is 1. The highest BCUT2D eigenvalue weighted by molar-refractivity contribution is 6.19. The molecule has 2 aromatic heterocycles. The molecule has 0 saturated heterocycles. The van der Waals surface area contributed by atoms with E-state index in [-0.39, 0.29) is 11.8 Å². The fourth-order valence-electron chi connectivity index (χ4n) is 4.40. The maximum absolute atomic E-state index is 13.6. The fraction of sp³-hybridized carbons (Fsp3) is 0.304. The summed E-state index contributed by atoms with van der Waals surface area (Å²) >= 11 is 6.27. The summed E-state index contributed by atoms with van der Waals surface area (Å²) in [6, 6.07) is 8.45. The number of nitrogens with zero attached hydrogens (tertiary/aromatic N) is 2. The lowest BCUT2D eigenvalue weighted by Gasteiger charge is -2.16. The molecule has 1 amide bonds. The number of H-pyrrole nitrogens is 1. The van der Waals surface area contributed by atoms with Crippen LogP contribution in [0.15, 0.2) is 22.6 Å². The summed E-state index contributed by atoms with van der Waals surface area (Å²) in [5.41, 5.74) is 3.98. The van der Waals surface area contributed by atoms with Gasteiger partial charge in [0.15, 0.2) is 23.0 Å². The summed E-state index contributed by atoms with van der Waals surface area (Å²) in [6.45, 7) is 2.23. The van der Waals surface area contributed by atoms with Crippen molar-refractivity contribution in [1.82, 2.24) is 9.97 Å². The number of ether oxygens (including phenoxy) is 3. The Balaban J connectivity index is 1.62. The molecule has 1 aliphatic rings. The number of benzene rings is 2. The third-order valence-electron chi connectivity index (χ3n) is 5.79. The zero-order valence-electron chi connectivity index (χ0n) is 18.0. The number of hydrogen-bond donors (Lipinski definition) is 1. The molecule has 1 atom stereocenters. The molecule has 2 aromatic carbocycles. The predicted octanol–water partition coefficient (Wildman–Crippen LogP) is 4.43. The summed E-state index contributed by atoms with van der Waals surface area (Å²) < 4.78 is 22.0. The second-order valence-corrected chi connectivity index (χ2v) is 7.87. The van der Waals surface area contributed by atoms with Crippen LogP contribution in [0.2, 0.25) is 0 Å². The number of amides is 1.